The highest BCUT2D eigenvalue weighted by molar-refractivity contribution is 4.94. The zero-order valence-electron chi connectivity index (χ0n) is 11.4. The van der Waals surface area contributed by atoms with E-state index in [1.54, 1.807) is 0 Å². The molecule has 2 rings (SSSR count). The number of likely N-dealkylation sites (tertiary alicyclic amines) is 2. The summed E-state index contributed by atoms with van der Waals surface area (Å²) in [5.41, 5.74) is 0.315. The highest BCUT2D eigenvalue weighted by Gasteiger charge is 2.34. The zero-order chi connectivity index (χ0) is 12.5. The molecule has 0 amide bonds. The van der Waals surface area contributed by atoms with Crippen LogP contribution < -0.4 is 0 Å². The molecular formula is C14H25N3. The Morgan fingerprint density at radius 1 is 1.06 bits per heavy atom. The summed E-state index contributed by atoms with van der Waals surface area (Å²) in [5.74, 6) is 0. The summed E-state index contributed by atoms with van der Waals surface area (Å²) in [5, 5.41) is 0. The average molecular weight is 235 g/mol. The van der Waals surface area contributed by atoms with Gasteiger partial charge in [0.2, 0.25) is 6.04 Å². The second-order valence-corrected chi connectivity index (χ2v) is 6.46. The first-order valence-electron chi connectivity index (χ1n) is 6.86. The quantitative estimate of drug-likeness (QED) is 0.646. The molecule has 2 fully saturated rings. The van der Waals surface area contributed by atoms with E-state index < -0.39 is 0 Å². The number of hydrogen-bond acceptors (Lipinski definition) is 2. The molecule has 3 heteroatoms. The van der Waals surface area contributed by atoms with E-state index in [4.69, 9.17) is 6.57 Å². The van der Waals surface area contributed by atoms with Crippen LogP contribution in [0.25, 0.3) is 4.85 Å². The second kappa shape index (κ2) is 4.96. The van der Waals surface area contributed by atoms with Gasteiger partial charge in [0.1, 0.15) is 0 Å². The van der Waals surface area contributed by atoms with E-state index >= 15 is 0 Å². The zero-order valence-corrected chi connectivity index (χ0v) is 11.4. The lowest BCUT2D eigenvalue weighted by molar-refractivity contribution is 0.0648. The Balaban J connectivity index is 1.82. The number of hydrogen-bond donors (Lipinski definition) is 0. The van der Waals surface area contributed by atoms with Crippen LogP contribution in [0.3, 0.4) is 0 Å². The Morgan fingerprint density at radius 3 is 2.18 bits per heavy atom. The van der Waals surface area contributed by atoms with Crippen LogP contribution in [0.2, 0.25) is 0 Å². The van der Waals surface area contributed by atoms with Gasteiger partial charge < -0.3 is 4.85 Å². The molecule has 96 valence electrons. The predicted molar refractivity (Wildman–Crippen MR) is 70.9 cm³/mol. The molecule has 2 aliphatic rings. The van der Waals surface area contributed by atoms with Gasteiger partial charge in [0.25, 0.3) is 0 Å². The van der Waals surface area contributed by atoms with E-state index in [0.29, 0.717) is 5.54 Å². The molecule has 0 aromatic carbocycles. The molecule has 0 saturated carbocycles. The highest BCUT2D eigenvalue weighted by atomic mass is 15.2. The topological polar surface area (TPSA) is 10.8 Å². The lowest BCUT2D eigenvalue weighted by atomic mass is 9.97. The molecule has 0 N–H and O–H groups in total. The number of nitrogens with zero attached hydrogens (tertiary/aromatic N) is 3. The minimum Gasteiger partial charge on any atom is -0.312 e. The lowest BCUT2D eigenvalue weighted by Gasteiger charge is -2.42. The minimum absolute atomic E-state index is 0.274. The van der Waals surface area contributed by atoms with Crippen molar-refractivity contribution < 1.29 is 0 Å². The van der Waals surface area contributed by atoms with E-state index in [1.807, 2.05) is 0 Å². The fourth-order valence-electron chi connectivity index (χ4n) is 3.11. The van der Waals surface area contributed by atoms with Crippen LogP contribution in [0.15, 0.2) is 0 Å². The van der Waals surface area contributed by atoms with Gasteiger partial charge in [-0.1, -0.05) is 0 Å². The van der Waals surface area contributed by atoms with Gasteiger partial charge in [-0.15, -0.1) is 0 Å². The van der Waals surface area contributed by atoms with Crippen LogP contribution in [0, 0.1) is 6.57 Å². The third-order valence-corrected chi connectivity index (χ3v) is 4.31. The van der Waals surface area contributed by atoms with Crippen molar-refractivity contribution in [3.8, 4) is 0 Å². The maximum atomic E-state index is 7.11. The molecule has 0 aromatic rings. The van der Waals surface area contributed by atoms with Gasteiger partial charge in [-0.25, -0.2) is 6.57 Å². The Bertz CT molecular complexity index is 292. The predicted octanol–water partition coefficient (Wildman–Crippen LogP) is 2.24. The van der Waals surface area contributed by atoms with Crippen molar-refractivity contribution >= 4 is 0 Å². The molecular weight excluding hydrogens is 210 g/mol. The first-order chi connectivity index (χ1) is 8.00. The van der Waals surface area contributed by atoms with Crippen LogP contribution >= 0.6 is 0 Å². The molecule has 2 saturated heterocycles. The van der Waals surface area contributed by atoms with Gasteiger partial charge in [0.05, 0.1) is 6.54 Å². The van der Waals surface area contributed by atoms with Crippen molar-refractivity contribution in [3.05, 3.63) is 11.4 Å². The molecule has 17 heavy (non-hydrogen) atoms. The molecule has 2 aliphatic heterocycles. The van der Waals surface area contributed by atoms with Crippen LogP contribution in [0.1, 0.15) is 40.0 Å². The molecule has 1 unspecified atom stereocenters. The van der Waals surface area contributed by atoms with Crippen molar-refractivity contribution in [2.75, 3.05) is 26.2 Å². The smallest absolute Gasteiger partial charge is 0.237 e. The average Bonchev–Trinajstić information content (AvgIpc) is 2.76. The fraction of sp³-hybridized carbons (Fsp3) is 0.929. The highest BCUT2D eigenvalue weighted by Crippen LogP contribution is 2.26. The normalized spacial score (nSPS) is 29.4. The monoisotopic (exact) mass is 235 g/mol. The minimum atomic E-state index is 0.274. The number of rotatable bonds is 1. The van der Waals surface area contributed by atoms with Crippen molar-refractivity contribution in [2.45, 2.75) is 57.7 Å². The lowest BCUT2D eigenvalue weighted by Crippen LogP contribution is -2.50. The van der Waals surface area contributed by atoms with Gasteiger partial charge in [0, 0.05) is 37.6 Å². The summed E-state index contributed by atoms with van der Waals surface area (Å²) in [7, 11) is 0. The standard InChI is InChI=1S/C14H25N3/c1-14(2,3)17-9-6-13(7-10-17)16-8-5-12(11-16)15-4/h12-13H,5-11H2,1-3H3. The SMILES string of the molecule is [C-]#[N+]C1CCN(C2CCN(C(C)(C)C)CC2)C1. The largest absolute Gasteiger partial charge is 0.312 e. The Labute approximate surface area is 106 Å². The summed E-state index contributed by atoms with van der Waals surface area (Å²) in [6, 6.07) is 1.01. The second-order valence-electron chi connectivity index (χ2n) is 6.46. The third-order valence-electron chi connectivity index (χ3n) is 4.31. The maximum absolute atomic E-state index is 7.11. The van der Waals surface area contributed by atoms with Crippen LogP contribution in [0.5, 0.6) is 0 Å². The van der Waals surface area contributed by atoms with E-state index in [-0.39, 0.29) is 6.04 Å². The molecule has 0 radical (unpaired) electrons. The van der Waals surface area contributed by atoms with Crippen molar-refractivity contribution in [1.29, 1.82) is 0 Å². The van der Waals surface area contributed by atoms with Gasteiger partial charge in [-0.2, -0.15) is 0 Å². The van der Waals surface area contributed by atoms with E-state index in [1.165, 1.54) is 25.9 Å². The molecule has 3 nitrogen and oxygen atoms in total. The Kier molecular flexibility index (Phi) is 3.75. The Morgan fingerprint density at radius 2 is 1.71 bits per heavy atom. The first kappa shape index (κ1) is 12.9. The van der Waals surface area contributed by atoms with Crippen LogP contribution in [-0.2, 0) is 0 Å². The van der Waals surface area contributed by atoms with E-state index in [2.05, 4.69) is 35.4 Å². The molecule has 0 bridgehead atoms. The molecule has 2 heterocycles. The molecule has 0 aromatic heterocycles. The van der Waals surface area contributed by atoms with Crippen LogP contribution in [0.4, 0.5) is 0 Å². The van der Waals surface area contributed by atoms with Crippen molar-refractivity contribution in [1.82, 2.24) is 9.80 Å². The van der Waals surface area contributed by atoms with Gasteiger partial charge in [-0.05, 0) is 33.6 Å². The first-order valence-corrected chi connectivity index (χ1v) is 6.86. The van der Waals surface area contributed by atoms with Gasteiger partial charge >= 0.3 is 0 Å². The van der Waals surface area contributed by atoms with Gasteiger partial charge in [-0.3, -0.25) is 9.80 Å². The molecule has 1 atom stereocenters. The summed E-state index contributed by atoms with van der Waals surface area (Å²) >= 11 is 0. The van der Waals surface area contributed by atoms with Crippen molar-refractivity contribution in [3.63, 3.8) is 0 Å². The summed E-state index contributed by atoms with van der Waals surface area (Å²) in [6.07, 6.45) is 3.65. The third kappa shape index (κ3) is 3.00. The maximum Gasteiger partial charge on any atom is 0.237 e. The van der Waals surface area contributed by atoms with E-state index in [0.717, 1.165) is 25.6 Å². The molecule has 0 aliphatic carbocycles. The molecule has 0 spiro atoms. The summed E-state index contributed by atoms with van der Waals surface area (Å²) in [4.78, 5) is 8.83. The Hall–Kier alpha value is -0.590. The number of piperidine rings is 1. The van der Waals surface area contributed by atoms with Gasteiger partial charge in [0.15, 0.2) is 0 Å². The fourth-order valence-corrected chi connectivity index (χ4v) is 3.11. The summed E-state index contributed by atoms with van der Waals surface area (Å²) in [6.45, 7) is 18.6. The van der Waals surface area contributed by atoms with Crippen molar-refractivity contribution in [2.24, 2.45) is 0 Å². The summed E-state index contributed by atoms with van der Waals surface area (Å²) < 4.78 is 0. The van der Waals surface area contributed by atoms with E-state index in [9.17, 15) is 0 Å². The van der Waals surface area contributed by atoms with Crippen LogP contribution in [-0.4, -0.2) is 53.6 Å².